The average Bonchev–Trinajstić information content (AvgIpc) is 3.10. The van der Waals surface area contributed by atoms with Crippen molar-refractivity contribution in [1.82, 2.24) is 20.2 Å². The third-order valence-corrected chi connectivity index (χ3v) is 5.27. The first-order valence-electron chi connectivity index (χ1n) is 7.66. The van der Waals surface area contributed by atoms with E-state index in [0.29, 0.717) is 26.6 Å². The maximum atomic E-state index is 12.1. The third kappa shape index (κ3) is 4.35. The molecular weight excluding hydrogens is 393 g/mol. The number of aromatic amines is 1. The van der Waals surface area contributed by atoms with Crippen LogP contribution in [0.2, 0.25) is 10.0 Å². The number of pyridine rings is 1. The number of rotatable bonds is 5. The van der Waals surface area contributed by atoms with Crippen molar-refractivity contribution in [3.05, 3.63) is 51.6 Å². The zero-order valence-corrected chi connectivity index (χ0v) is 16.3. The summed E-state index contributed by atoms with van der Waals surface area (Å²) in [5, 5.41) is 10.9. The van der Waals surface area contributed by atoms with Gasteiger partial charge >= 0.3 is 0 Å². The Kier molecular flexibility index (Phi) is 5.80. The number of hydrogen-bond acceptors (Lipinski definition) is 5. The number of aromatic nitrogens is 4. The monoisotopic (exact) mass is 407 g/mol. The van der Waals surface area contributed by atoms with Gasteiger partial charge in [0.05, 0.1) is 15.8 Å². The first-order chi connectivity index (χ1) is 12.4. The van der Waals surface area contributed by atoms with E-state index in [-0.39, 0.29) is 17.5 Å². The summed E-state index contributed by atoms with van der Waals surface area (Å²) < 4.78 is 0. The molecule has 3 aromatic rings. The summed E-state index contributed by atoms with van der Waals surface area (Å²) in [6.45, 7) is 3.78. The Morgan fingerprint density at radius 1 is 1.23 bits per heavy atom. The second-order valence-corrected chi connectivity index (χ2v) is 7.29. The van der Waals surface area contributed by atoms with Gasteiger partial charge in [-0.05, 0) is 19.4 Å². The molecule has 0 spiro atoms. The molecule has 0 radical (unpaired) electrons. The van der Waals surface area contributed by atoms with Gasteiger partial charge < -0.3 is 5.32 Å². The number of H-pyrrole nitrogens is 1. The number of nitrogens with one attached hydrogen (secondary N) is 2. The predicted molar refractivity (Wildman–Crippen MR) is 105 cm³/mol. The van der Waals surface area contributed by atoms with E-state index in [0.717, 1.165) is 5.56 Å². The molecule has 2 N–H and O–H groups in total. The average molecular weight is 408 g/mol. The minimum absolute atomic E-state index is 0.130. The van der Waals surface area contributed by atoms with Crippen LogP contribution in [-0.4, -0.2) is 31.8 Å². The largest absolute Gasteiger partial charge is 0.309 e. The Morgan fingerprint density at radius 2 is 1.96 bits per heavy atom. The maximum Gasteiger partial charge on any atom is 0.236 e. The van der Waals surface area contributed by atoms with E-state index >= 15 is 0 Å². The van der Waals surface area contributed by atoms with E-state index in [1.54, 1.807) is 6.92 Å². The molecule has 26 heavy (non-hydrogen) atoms. The van der Waals surface area contributed by atoms with Crippen LogP contribution in [0, 0.1) is 13.8 Å². The van der Waals surface area contributed by atoms with E-state index in [4.69, 9.17) is 23.2 Å². The van der Waals surface area contributed by atoms with Crippen LogP contribution < -0.4 is 5.32 Å². The lowest BCUT2D eigenvalue weighted by Gasteiger charge is -2.08. The number of hydrogen-bond donors (Lipinski definition) is 2. The van der Waals surface area contributed by atoms with E-state index < -0.39 is 0 Å². The number of thioether (sulfide) groups is 1. The van der Waals surface area contributed by atoms with Crippen molar-refractivity contribution in [3.8, 4) is 11.4 Å². The smallest absolute Gasteiger partial charge is 0.236 e. The Labute approximate surface area is 164 Å². The molecule has 3 rings (SSSR count). The Bertz CT molecular complexity index is 943. The van der Waals surface area contributed by atoms with E-state index in [2.05, 4.69) is 25.5 Å². The number of halogens is 2. The number of benzene rings is 1. The number of aryl methyl sites for hydroxylation is 1. The molecule has 0 fully saturated rings. The first-order valence-corrected chi connectivity index (χ1v) is 9.41. The summed E-state index contributed by atoms with van der Waals surface area (Å²) in [4.78, 5) is 20.6. The van der Waals surface area contributed by atoms with Crippen LogP contribution in [0.15, 0.2) is 35.6 Å². The first kappa shape index (κ1) is 18.7. The number of carbonyl (C=O) groups excluding carboxylic acids is 1. The van der Waals surface area contributed by atoms with Crippen molar-refractivity contribution in [2.24, 2.45) is 0 Å². The van der Waals surface area contributed by atoms with Crippen molar-refractivity contribution in [2.75, 3.05) is 11.1 Å². The van der Waals surface area contributed by atoms with E-state index in [1.807, 2.05) is 31.2 Å². The minimum atomic E-state index is -0.257. The molecule has 2 aromatic heterocycles. The fourth-order valence-corrected chi connectivity index (χ4v) is 3.08. The highest BCUT2D eigenvalue weighted by Gasteiger charge is 2.13. The van der Waals surface area contributed by atoms with Crippen LogP contribution in [0.4, 0.5) is 5.82 Å². The van der Waals surface area contributed by atoms with E-state index in [9.17, 15) is 4.79 Å². The normalized spacial score (nSPS) is 10.8. The molecular formula is C17H15Cl2N5OS. The van der Waals surface area contributed by atoms with Gasteiger partial charge in [-0.15, -0.1) is 5.10 Å². The summed E-state index contributed by atoms with van der Waals surface area (Å²) in [7, 11) is 0. The van der Waals surface area contributed by atoms with Crippen molar-refractivity contribution >= 4 is 46.7 Å². The number of nitrogens with zero attached hydrogens (tertiary/aromatic N) is 3. The fraction of sp³-hybridized carbons (Fsp3) is 0.176. The van der Waals surface area contributed by atoms with Crippen LogP contribution in [0.5, 0.6) is 0 Å². The number of anilines is 1. The van der Waals surface area contributed by atoms with Gasteiger partial charge in [0.15, 0.2) is 11.6 Å². The summed E-state index contributed by atoms with van der Waals surface area (Å²) in [6.07, 6.45) is 1.45. The lowest BCUT2D eigenvalue weighted by molar-refractivity contribution is -0.113. The molecule has 0 aliphatic rings. The molecule has 9 heteroatoms. The zero-order chi connectivity index (χ0) is 18.7. The summed E-state index contributed by atoms with van der Waals surface area (Å²) >= 11 is 13.3. The molecule has 0 aliphatic carbocycles. The standard InChI is InChI=1S/C17H15Cl2N5OS/c1-9-3-5-11(6-4-9)15-22-17(24-23-15)26-8-13(25)21-16-14(19)10(2)12(18)7-20-16/h3-7H,8H2,1-2H3,(H,20,21,25)(H,22,23,24). The zero-order valence-electron chi connectivity index (χ0n) is 14.0. The van der Waals surface area contributed by atoms with Crippen LogP contribution in [-0.2, 0) is 4.79 Å². The molecule has 134 valence electrons. The van der Waals surface area contributed by atoms with Crippen molar-refractivity contribution in [3.63, 3.8) is 0 Å². The Balaban J connectivity index is 1.60. The van der Waals surface area contributed by atoms with Gasteiger partial charge in [-0.3, -0.25) is 9.89 Å². The molecule has 0 unspecified atom stereocenters. The number of amides is 1. The predicted octanol–water partition coefficient (Wildman–Crippen LogP) is 4.52. The van der Waals surface area contributed by atoms with E-state index in [1.165, 1.54) is 23.5 Å². The summed E-state index contributed by atoms with van der Waals surface area (Å²) in [5.74, 6) is 0.818. The molecule has 0 atom stereocenters. The molecule has 1 amide bonds. The van der Waals surface area contributed by atoms with Gasteiger partial charge in [-0.2, -0.15) is 0 Å². The second-order valence-electron chi connectivity index (χ2n) is 5.56. The highest BCUT2D eigenvalue weighted by atomic mass is 35.5. The third-order valence-electron chi connectivity index (χ3n) is 3.58. The molecule has 6 nitrogen and oxygen atoms in total. The molecule has 2 heterocycles. The topological polar surface area (TPSA) is 83.6 Å². The van der Waals surface area contributed by atoms with Gasteiger partial charge in [0.25, 0.3) is 0 Å². The quantitative estimate of drug-likeness (QED) is 0.607. The van der Waals surface area contributed by atoms with Crippen LogP contribution in [0.1, 0.15) is 11.1 Å². The number of carbonyl (C=O) groups is 1. The molecule has 0 aliphatic heterocycles. The lowest BCUT2D eigenvalue weighted by atomic mass is 10.1. The van der Waals surface area contributed by atoms with Gasteiger partial charge in [0, 0.05) is 11.8 Å². The van der Waals surface area contributed by atoms with Gasteiger partial charge in [0.2, 0.25) is 11.1 Å². The second kappa shape index (κ2) is 8.07. The van der Waals surface area contributed by atoms with Crippen molar-refractivity contribution < 1.29 is 4.79 Å². The summed E-state index contributed by atoms with van der Waals surface area (Å²) in [6, 6.07) is 7.94. The molecule has 0 bridgehead atoms. The molecule has 0 saturated heterocycles. The van der Waals surface area contributed by atoms with Crippen LogP contribution >= 0.6 is 35.0 Å². The Hall–Kier alpha value is -2.09. The molecule has 1 aromatic carbocycles. The van der Waals surface area contributed by atoms with Gasteiger partial charge in [0.1, 0.15) is 0 Å². The summed E-state index contributed by atoms with van der Waals surface area (Å²) in [5.41, 5.74) is 2.78. The van der Waals surface area contributed by atoms with Crippen molar-refractivity contribution in [1.29, 1.82) is 0 Å². The lowest BCUT2D eigenvalue weighted by Crippen LogP contribution is -2.15. The maximum absolute atomic E-state index is 12.1. The van der Waals surface area contributed by atoms with Crippen LogP contribution in [0.3, 0.4) is 0 Å². The SMILES string of the molecule is Cc1ccc(-c2nc(SCC(=O)Nc3ncc(Cl)c(C)c3Cl)n[nH]2)cc1. The molecule has 0 saturated carbocycles. The highest BCUT2D eigenvalue weighted by Crippen LogP contribution is 2.28. The van der Waals surface area contributed by atoms with Crippen LogP contribution in [0.25, 0.3) is 11.4 Å². The Morgan fingerprint density at radius 3 is 2.69 bits per heavy atom. The minimum Gasteiger partial charge on any atom is -0.309 e. The van der Waals surface area contributed by atoms with Crippen molar-refractivity contribution in [2.45, 2.75) is 19.0 Å². The highest BCUT2D eigenvalue weighted by molar-refractivity contribution is 7.99. The van der Waals surface area contributed by atoms with Gasteiger partial charge in [-0.1, -0.05) is 64.8 Å². The van der Waals surface area contributed by atoms with Gasteiger partial charge in [-0.25, -0.2) is 9.97 Å². The fourth-order valence-electron chi connectivity index (χ4n) is 2.09.